The van der Waals surface area contributed by atoms with Gasteiger partial charge >= 0.3 is 5.97 Å². The van der Waals surface area contributed by atoms with Gasteiger partial charge in [0.1, 0.15) is 5.82 Å². The predicted octanol–water partition coefficient (Wildman–Crippen LogP) is 3.72. The smallest absolute Gasteiger partial charge is 0.336 e. The van der Waals surface area contributed by atoms with Gasteiger partial charge in [-0.3, -0.25) is 10.1 Å². The summed E-state index contributed by atoms with van der Waals surface area (Å²) in [5.41, 5.74) is 0.142. The van der Waals surface area contributed by atoms with Gasteiger partial charge in [-0.15, -0.1) is 11.8 Å². The van der Waals surface area contributed by atoms with Gasteiger partial charge in [0.2, 0.25) is 0 Å². The molecule has 0 aliphatic heterocycles. The molecule has 1 N–H and O–H groups in total. The highest BCUT2D eigenvalue weighted by Crippen LogP contribution is 2.30. The predicted molar refractivity (Wildman–Crippen MR) is 76.0 cm³/mol. The van der Waals surface area contributed by atoms with Gasteiger partial charge in [-0.1, -0.05) is 12.1 Å². The Morgan fingerprint density at radius 1 is 1.29 bits per heavy atom. The molecular weight excluding hydrogens is 297 g/mol. The second-order valence-corrected chi connectivity index (χ2v) is 5.14. The van der Waals surface area contributed by atoms with E-state index in [2.05, 4.69) is 0 Å². The van der Waals surface area contributed by atoms with Crippen molar-refractivity contribution in [2.75, 3.05) is 0 Å². The molecule has 0 radical (unpaired) electrons. The summed E-state index contributed by atoms with van der Waals surface area (Å²) in [5.74, 6) is -1.53. The molecule has 0 fully saturated rings. The molecule has 0 bridgehead atoms. The average molecular weight is 307 g/mol. The van der Waals surface area contributed by atoms with Gasteiger partial charge in [-0.2, -0.15) is 0 Å². The van der Waals surface area contributed by atoms with Crippen LogP contribution in [0.25, 0.3) is 0 Å². The summed E-state index contributed by atoms with van der Waals surface area (Å²) >= 11 is 1.12. The summed E-state index contributed by atoms with van der Waals surface area (Å²) in [7, 11) is 0. The van der Waals surface area contributed by atoms with Crippen LogP contribution in [0.3, 0.4) is 0 Å². The molecule has 0 aromatic heterocycles. The van der Waals surface area contributed by atoms with Gasteiger partial charge in [0.25, 0.3) is 5.69 Å². The third-order valence-electron chi connectivity index (χ3n) is 2.74. The van der Waals surface area contributed by atoms with Crippen molar-refractivity contribution in [1.29, 1.82) is 0 Å². The van der Waals surface area contributed by atoms with Gasteiger partial charge < -0.3 is 5.11 Å². The van der Waals surface area contributed by atoms with Crippen LogP contribution in [0.15, 0.2) is 47.4 Å². The van der Waals surface area contributed by atoms with E-state index in [0.29, 0.717) is 4.90 Å². The maximum Gasteiger partial charge on any atom is 0.336 e. The first-order valence-corrected chi connectivity index (χ1v) is 6.85. The maximum absolute atomic E-state index is 13.2. The molecule has 0 aliphatic rings. The van der Waals surface area contributed by atoms with Crippen LogP contribution in [-0.4, -0.2) is 16.0 Å². The zero-order valence-corrected chi connectivity index (χ0v) is 11.5. The lowest BCUT2D eigenvalue weighted by Gasteiger charge is -2.06. The van der Waals surface area contributed by atoms with Crippen LogP contribution in [0.5, 0.6) is 0 Å². The Kier molecular flexibility index (Phi) is 4.54. The minimum atomic E-state index is -1.08. The number of aromatic carboxylic acids is 1. The molecule has 5 nitrogen and oxygen atoms in total. The quantitative estimate of drug-likeness (QED) is 0.517. The number of carbonyl (C=O) groups is 1. The molecule has 0 atom stereocenters. The van der Waals surface area contributed by atoms with Crippen molar-refractivity contribution in [3.63, 3.8) is 0 Å². The number of thioether (sulfide) groups is 1. The van der Waals surface area contributed by atoms with Crippen LogP contribution >= 0.6 is 11.8 Å². The fourth-order valence-electron chi connectivity index (χ4n) is 1.77. The fraction of sp³-hybridized carbons (Fsp3) is 0.0714. The number of carboxylic acids is 1. The van der Waals surface area contributed by atoms with Crippen molar-refractivity contribution in [1.82, 2.24) is 0 Å². The van der Waals surface area contributed by atoms with Crippen LogP contribution < -0.4 is 0 Å². The summed E-state index contributed by atoms with van der Waals surface area (Å²) in [6.07, 6.45) is 0. The van der Waals surface area contributed by atoms with Gasteiger partial charge in [-0.05, 0) is 24.3 Å². The first-order valence-electron chi connectivity index (χ1n) is 5.87. The molecule has 0 unspecified atom stereocenters. The molecule has 0 saturated heterocycles. The number of nitro benzene ring substituents is 1. The normalized spacial score (nSPS) is 10.3. The summed E-state index contributed by atoms with van der Waals surface area (Å²) < 4.78 is 13.2. The second kappa shape index (κ2) is 6.36. The molecule has 0 amide bonds. The molecule has 2 aromatic carbocycles. The molecule has 2 rings (SSSR count). The number of halogens is 1. The minimum absolute atomic E-state index is 0.109. The molecule has 7 heteroatoms. The highest BCUT2D eigenvalue weighted by molar-refractivity contribution is 7.98. The van der Waals surface area contributed by atoms with Gasteiger partial charge in [0.05, 0.1) is 10.5 Å². The Balaban J connectivity index is 2.27. The lowest BCUT2D eigenvalue weighted by atomic mass is 10.2. The van der Waals surface area contributed by atoms with Gasteiger partial charge in [-0.25, -0.2) is 9.18 Å². The monoisotopic (exact) mass is 307 g/mol. The first-order chi connectivity index (χ1) is 9.99. The van der Waals surface area contributed by atoms with E-state index in [9.17, 15) is 19.3 Å². The minimum Gasteiger partial charge on any atom is -0.478 e. The van der Waals surface area contributed by atoms with Crippen LogP contribution in [0.2, 0.25) is 0 Å². The first kappa shape index (κ1) is 15.0. The number of rotatable bonds is 5. The van der Waals surface area contributed by atoms with Crippen molar-refractivity contribution in [3.8, 4) is 0 Å². The molecule has 2 aromatic rings. The van der Waals surface area contributed by atoms with Gasteiger partial charge in [0.15, 0.2) is 0 Å². The van der Waals surface area contributed by atoms with Crippen molar-refractivity contribution in [2.24, 2.45) is 0 Å². The van der Waals surface area contributed by atoms with E-state index >= 15 is 0 Å². The van der Waals surface area contributed by atoms with Crippen LogP contribution in [-0.2, 0) is 5.75 Å². The molecule has 0 spiro atoms. The van der Waals surface area contributed by atoms with Crippen molar-refractivity contribution >= 4 is 23.4 Å². The van der Waals surface area contributed by atoms with E-state index in [1.807, 2.05) is 0 Å². The highest BCUT2D eigenvalue weighted by Gasteiger charge is 2.16. The highest BCUT2D eigenvalue weighted by atomic mass is 32.2. The zero-order chi connectivity index (χ0) is 15.4. The third-order valence-corrected chi connectivity index (χ3v) is 3.86. The third kappa shape index (κ3) is 3.57. The molecule has 108 valence electrons. The Morgan fingerprint density at radius 2 is 2.00 bits per heavy atom. The Morgan fingerprint density at radius 3 is 2.67 bits per heavy atom. The number of hydrogen-bond donors (Lipinski definition) is 1. The van der Waals surface area contributed by atoms with Crippen molar-refractivity contribution in [2.45, 2.75) is 10.6 Å². The Hall–Kier alpha value is -2.41. The van der Waals surface area contributed by atoms with Gasteiger partial charge in [0, 0.05) is 22.3 Å². The van der Waals surface area contributed by atoms with Crippen LogP contribution in [0.4, 0.5) is 10.1 Å². The van der Waals surface area contributed by atoms with Crippen LogP contribution in [0, 0.1) is 15.9 Å². The summed E-state index contributed by atoms with van der Waals surface area (Å²) in [6, 6.07) is 9.55. The van der Waals surface area contributed by atoms with E-state index in [0.717, 1.165) is 30.0 Å². The molecule has 21 heavy (non-hydrogen) atoms. The van der Waals surface area contributed by atoms with E-state index < -0.39 is 16.7 Å². The van der Waals surface area contributed by atoms with Crippen LogP contribution in [0.1, 0.15) is 15.9 Å². The fourth-order valence-corrected chi connectivity index (χ4v) is 2.80. The van der Waals surface area contributed by atoms with E-state index in [1.165, 1.54) is 6.07 Å². The Labute approximate surface area is 123 Å². The van der Waals surface area contributed by atoms with E-state index in [1.54, 1.807) is 18.2 Å². The zero-order valence-electron chi connectivity index (χ0n) is 10.7. The molecule has 0 saturated carbocycles. The topological polar surface area (TPSA) is 80.4 Å². The Bertz CT molecular complexity index is 705. The number of carboxylic acid groups (broad SMARTS) is 1. The van der Waals surface area contributed by atoms with E-state index in [4.69, 9.17) is 5.11 Å². The number of benzene rings is 2. The molecular formula is C14H10FNO4S. The lowest BCUT2D eigenvalue weighted by molar-refractivity contribution is -0.385. The largest absolute Gasteiger partial charge is 0.478 e. The maximum atomic E-state index is 13.2. The summed E-state index contributed by atoms with van der Waals surface area (Å²) in [5, 5.41) is 20.0. The molecule has 0 heterocycles. The number of nitro groups is 1. The van der Waals surface area contributed by atoms with Crippen molar-refractivity contribution < 1.29 is 19.2 Å². The second-order valence-electron chi connectivity index (χ2n) is 4.12. The summed E-state index contributed by atoms with van der Waals surface area (Å²) in [4.78, 5) is 21.9. The summed E-state index contributed by atoms with van der Waals surface area (Å²) in [6.45, 7) is 0. The number of hydrogen-bond acceptors (Lipinski definition) is 4. The van der Waals surface area contributed by atoms with E-state index in [-0.39, 0.29) is 22.6 Å². The number of nitrogens with zero attached hydrogens (tertiary/aromatic N) is 1. The SMILES string of the molecule is O=C(O)c1ccccc1SCc1cc(F)ccc1[N+](=O)[O-]. The molecule has 0 aliphatic carbocycles. The lowest BCUT2D eigenvalue weighted by Crippen LogP contribution is -1.99. The average Bonchev–Trinajstić information content (AvgIpc) is 2.45. The standard InChI is InChI=1S/C14H10FNO4S/c15-10-5-6-12(16(19)20)9(7-10)8-21-13-4-2-1-3-11(13)14(17)18/h1-7H,8H2,(H,17,18). The van der Waals surface area contributed by atoms with Crippen molar-refractivity contribution in [3.05, 3.63) is 69.5 Å².